The third-order valence-corrected chi connectivity index (χ3v) is 6.22. The van der Waals surface area contributed by atoms with Gasteiger partial charge in [-0.3, -0.25) is 9.36 Å². The highest BCUT2D eigenvalue weighted by Gasteiger charge is 2.22. The van der Waals surface area contributed by atoms with E-state index in [-0.39, 0.29) is 11.6 Å². The standard InChI is InChI=1S/C26H20N2OS/c1-18-12-14-19(15-13-18)16-24-25(29)28-23(21-10-6-3-7-11-21)17-22(27-26(28)30-24)20-8-4-2-5-9-20/h2-17,23H,1H3/b24-16-/t23-/m1/s1. The van der Waals surface area contributed by atoms with Gasteiger partial charge >= 0.3 is 0 Å². The monoisotopic (exact) mass is 408 g/mol. The van der Waals surface area contributed by atoms with Crippen molar-refractivity contribution < 1.29 is 0 Å². The largest absolute Gasteiger partial charge is 0.272 e. The van der Waals surface area contributed by atoms with Crippen molar-refractivity contribution in [2.75, 3.05) is 0 Å². The molecule has 0 amide bonds. The number of fused-ring (bicyclic) bond motifs is 1. The third-order valence-electron chi connectivity index (χ3n) is 5.23. The summed E-state index contributed by atoms with van der Waals surface area (Å²) in [6, 6.07) is 28.3. The van der Waals surface area contributed by atoms with Crippen LogP contribution in [0.15, 0.2) is 101 Å². The first kappa shape index (κ1) is 18.5. The van der Waals surface area contributed by atoms with Gasteiger partial charge in [0, 0.05) is 0 Å². The lowest BCUT2D eigenvalue weighted by atomic mass is 10.0. The fourth-order valence-electron chi connectivity index (χ4n) is 3.65. The Morgan fingerprint density at radius 1 is 0.900 bits per heavy atom. The highest BCUT2D eigenvalue weighted by Crippen LogP contribution is 2.26. The zero-order valence-electron chi connectivity index (χ0n) is 16.5. The molecular formula is C26H20N2OS. The number of aromatic nitrogens is 1. The Balaban J connectivity index is 1.73. The minimum atomic E-state index is -0.183. The van der Waals surface area contributed by atoms with Crippen molar-refractivity contribution in [1.29, 1.82) is 0 Å². The molecule has 1 aliphatic heterocycles. The molecule has 0 unspecified atom stereocenters. The SMILES string of the molecule is Cc1ccc(/C=c2\sc3n(c2=O)[C@@H](c2ccccc2)C=C(c2ccccc2)N=3)cc1. The topological polar surface area (TPSA) is 34.4 Å². The van der Waals surface area contributed by atoms with Crippen molar-refractivity contribution >= 4 is 23.1 Å². The number of allylic oxidation sites excluding steroid dienone is 1. The van der Waals surface area contributed by atoms with Gasteiger partial charge in [-0.05, 0) is 35.8 Å². The van der Waals surface area contributed by atoms with Crippen molar-refractivity contribution in [3.05, 3.63) is 133 Å². The maximum Gasteiger partial charge on any atom is 0.271 e. The summed E-state index contributed by atoms with van der Waals surface area (Å²) >= 11 is 1.45. The van der Waals surface area contributed by atoms with E-state index in [1.165, 1.54) is 16.9 Å². The van der Waals surface area contributed by atoms with E-state index in [4.69, 9.17) is 4.99 Å². The summed E-state index contributed by atoms with van der Waals surface area (Å²) in [6.07, 6.45) is 4.04. The smallest absolute Gasteiger partial charge is 0.271 e. The average molecular weight is 409 g/mol. The van der Waals surface area contributed by atoms with Gasteiger partial charge in [-0.2, -0.15) is 0 Å². The Kier molecular flexibility index (Phi) is 4.77. The van der Waals surface area contributed by atoms with Crippen molar-refractivity contribution in [3.8, 4) is 0 Å². The Morgan fingerprint density at radius 2 is 1.57 bits per heavy atom. The van der Waals surface area contributed by atoms with Crippen molar-refractivity contribution in [3.63, 3.8) is 0 Å². The average Bonchev–Trinajstić information content (AvgIpc) is 3.11. The van der Waals surface area contributed by atoms with E-state index in [0.29, 0.717) is 4.53 Å². The summed E-state index contributed by atoms with van der Waals surface area (Å²) in [7, 11) is 0. The minimum absolute atomic E-state index is 0.00320. The summed E-state index contributed by atoms with van der Waals surface area (Å²) in [5.74, 6) is 0. The van der Waals surface area contributed by atoms with Crippen LogP contribution >= 0.6 is 11.3 Å². The lowest BCUT2D eigenvalue weighted by Crippen LogP contribution is -2.36. The molecule has 0 saturated heterocycles. The Bertz CT molecular complexity index is 1400. The molecule has 0 radical (unpaired) electrons. The molecule has 0 N–H and O–H groups in total. The predicted octanol–water partition coefficient (Wildman–Crippen LogP) is 4.31. The number of hydrogen-bond donors (Lipinski definition) is 0. The molecule has 0 bridgehead atoms. The molecule has 0 aliphatic carbocycles. The zero-order valence-corrected chi connectivity index (χ0v) is 17.3. The van der Waals surface area contributed by atoms with Crippen LogP contribution in [0.2, 0.25) is 0 Å². The van der Waals surface area contributed by atoms with Crippen LogP contribution < -0.4 is 14.9 Å². The van der Waals surface area contributed by atoms with Crippen molar-refractivity contribution in [2.45, 2.75) is 13.0 Å². The summed E-state index contributed by atoms with van der Waals surface area (Å²) in [5.41, 5.74) is 5.23. The number of aryl methyl sites for hydroxylation is 1. The predicted molar refractivity (Wildman–Crippen MR) is 123 cm³/mol. The molecule has 146 valence electrons. The molecule has 2 heterocycles. The number of nitrogens with zero attached hydrogens (tertiary/aromatic N) is 2. The van der Waals surface area contributed by atoms with Crippen LogP contribution in [0.3, 0.4) is 0 Å². The molecule has 3 nitrogen and oxygen atoms in total. The summed E-state index contributed by atoms with van der Waals surface area (Å²) in [4.78, 5) is 18.9. The molecule has 0 saturated carbocycles. The number of rotatable bonds is 3. The van der Waals surface area contributed by atoms with Gasteiger partial charge in [0.25, 0.3) is 5.56 Å². The van der Waals surface area contributed by atoms with Crippen LogP contribution in [0.4, 0.5) is 0 Å². The second-order valence-corrected chi connectivity index (χ2v) is 8.37. The molecule has 0 fully saturated rings. The van der Waals surface area contributed by atoms with E-state index in [9.17, 15) is 4.79 Å². The maximum atomic E-state index is 13.4. The molecule has 4 heteroatoms. The molecule has 3 aromatic carbocycles. The second-order valence-electron chi connectivity index (χ2n) is 7.36. The number of thiazole rings is 1. The van der Waals surface area contributed by atoms with E-state index >= 15 is 0 Å². The van der Waals surface area contributed by atoms with Gasteiger partial charge < -0.3 is 0 Å². The number of hydrogen-bond acceptors (Lipinski definition) is 3. The lowest BCUT2D eigenvalue weighted by molar-refractivity contribution is 0.644. The zero-order chi connectivity index (χ0) is 20.5. The van der Waals surface area contributed by atoms with Crippen LogP contribution in [-0.4, -0.2) is 4.57 Å². The van der Waals surface area contributed by atoms with E-state index in [1.807, 2.05) is 59.2 Å². The lowest BCUT2D eigenvalue weighted by Gasteiger charge is -2.19. The summed E-state index contributed by atoms with van der Waals surface area (Å²) in [6.45, 7) is 2.06. The van der Waals surface area contributed by atoms with Crippen LogP contribution in [0.25, 0.3) is 11.8 Å². The van der Waals surface area contributed by atoms with Gasteiger partial charge in [-0.15, -0.1) is 0 Å². The first-order valence-corrected chi connectivity index (χ1v) is 10.7. The maximum absolute atomic E-state index is 13.4. The highest BCUT2D eigenvalue weighted by molar-refractivity contribution is 7.07. The quantitative estimate of drug-likeness (QED) is 0.497. The Labute approximate surface area is 178 Å². The van der Waals surface area contributed by atoms with E-state index in [0.717, 1.165) is 27.2 Å². The van der Waals surface area contributed by atoms with Crippen molar-refractivity contribution in [2.24, 2.45) is 4.99 Å². The van der Waals surface area contributed by atoms with E-state index < -0.39 is 0 Å². The Hall–Kier alpha value is -3.50. The second kappa shape index (κ2) is 7.73. The van der Waals surface area contributed by atoms with Crippen LogP contribution in [0.1, 0.15) is 28.3 Å². The van der Waals surface area contributed by atoms with E-state index in [1.54, 1.807) is 0 Å². The van der Waals surface area contributed by atoms with Gasteiger partial charge in [0.2, 0.25) is 0 Å². The van der Waals surface area contributed by atoms with Crippen LogP contribution in [0.5, 0.6) is 0 Å². The van der Waals surface area contributed by atoms with Crippen LogP contribution in [0, 0.1) is 6.92 Å². The molecule has 30 heavy (non-hydrogen) atoms. The molecule has 0 spiro atoms. The van der Waals surface area contributed by atoms with Gasteiger partial charge in [-0.25, -0.2) is 4.99 Å². The molecule has 5 rings (SSSR count). The molecular weight excluding hydrogens is 388 g/mol. The molecule has 1 aliphatic rings. The van der Waals surface area contributed by atoms with Gasteiger partial charge in [0.05, 0.1) is 16.3 Å². The fraction of sp³-hybridized carbons (Fsp3) is 0.0769. The summed E-state index contributed by atoms with van der Waals surface area (Å²) < 4.78 is 2.51. The highest BCUT2D eigenvalue weighted by atomic mass is 32.1. The van der Waals surface area contributed by atoms with Crippen molar-refractivity contribution in [1.82, 2.24) is 4.57 Å². The van der Waals surface area contributed by atoms with Gasteiger partial charge in [0.1, 0.15) is 0 Å². The van der Waals surface area contributed by atoms with Gasteiger partial charge in [-0.1, -0.05) is 102 Å². The van der Waals surface area contributed by atoms with Gasteiger partial charge in [0.15, 0.2) is 4.80 Å². The normalized spacial score (nSPS) is 16.0. The Morgan fingerprint density at radius 3 is 2.27 bits per heavy atom. The van der Waals surface area contributed by atoms with E-state index in [2.05, 4.69) is 49.4 Å². The van der Waals surface area contributed by atoms with Crippen LogP contribution in [-0.2, 0) is 0 Å². The molecule has 1 aromatic heterocycles. The number of benzene rings is 3. The molecule has 1 atom stereocenters. The summed E-state index contributed by atoms with van der Waals surface area (Å²) in [5, 5.41) is 0. The molecule has 4 aromatic rings. The third kappa shape index (κ3) is 3.46. The first-order valence-electron chi connectivity index (χ1n) is 9.90. The minimum Gasteiger partial charge on any atom is -0.272 e. The first-order chi connectivity index (χ1) is 14.7. The fourth-order valence-corrected chi connectivity index (χ4v) is 4.67.